The summed E-state index contributed by atoms with van der Waals surface area (Å²) in [5, 5.41) is 0. The molecule has 0 spiro atoms. The molecule has 31 heavy (non-hydrogen) atoms. The second-order valence-electron chi connectivity index (χ2n) is 9.04. The second-order valence-corrected chi connectivity index (χ2v) is 9.48. The van der Waals surface area contributed by atoms with Crippen LogP contribution in [0.4, 0.5) is 0 Å². The van der Waals surface area contributed by atoms with Crippen molar-refractivity contribution in [2.75, 3.05) is 0 Å². The van der Waals surface area contributed by atoms with E-state index in [1.54, 1.807) is 6.20 Å². The largest absolute Gasteiger partial charge is 0.399 e. The Morgan fingerprint density at radius 1 is 1.29 bits per heavy atom. The predicted octanol–water partition coefficient (Wildman–Crippen LogP) is 4.96. The fourth-order valence-corrected chi connectivity index (χ4v) is 6.38. The van der Waals surface area contributed by atoms with Crippen molar-refractivity contribution in [2.45, 2.75) is 44.9 Å². The molecule has 0 saturated heterocycles. The normalized spacial score (nSPS) is 30.6. The Kier molecular flexibility index (Phi) is 5.60. The van der Waals surface area contributed by atoms with Crippen molar-refractivity contribution in [1.29, 1.82) is 0 Å². The Morgan fingerprint density at radius 2 is 2.19 bits per heavy atom. The highest BCUT2D eigenvalue weighted by molar-refractivity contribution is 7.90. The number of nitrogens with two attached hydrogens (primary N) is 1. The van der Waals surface area contributed by atoms with Crippen molar-refractivity contribution in [2.24, 2.45) is 23.1 Å². The zero-order chi connectivity index (χ0) is 21.4. The Labute approximate surface area is 186 Å². The molecule has 0 bridgehead atoms. The molecule has 5 rings (SSSR count). The van der Waals surface area contributed by atoms with Gasteiger partial charge in [-0.1, -0.05) is 19.1 Å². The SMILES string of the molecule is C[C@]12CCC3c4ccc(OSOON)cc4CCC3C1C/C(=C\c1cccnc1)C2=O. The van der Waals surface area contributed by atoms with Crippen molar-refractivity contribution >= 4 is 24.2 Å². The molecule has 2 fully saturated rings. The summed E-state index contributed by atoms with van der Waals surface area (Å²) in [5.41, 5.74) is 4.46. The highest BCUT2D eigenvalue weighted by atomic mass is 32.2. The third kappa shape index (κ3) is 3.69. The van der Waals surface area contributed by atoms with Crippen LogP contribution in [0.1, 0.15) is 55.2 Å². The van der Waals surface area contributed by atoms with Gasteiger partial charge in [0, 0.05) is 17.8 Å². The lowest BCUT2D eigenvalue weighted by Gasteiger charge is -2.48. The van der Waals surface area contributed by atoms with Crippen LogP contribution in [-0.4, -0.2) is 10.8 Å². The molecular formula is C24H26N2O4S. The lowest BCUT2D eigenvalue weighted by molar-refractivity contribution is -0.199. The monoisotopic (exact) mass is 438 g/mol. The first-order chi connectivity index (χ1) is 15.1. The second kappa shape index (κ2) is 8.39. The number of benzene rings is 1. The molecule has 2 saturated carbocycles. The highest BCUT2D eigenvalue weighted by Gasteiger charge is 2.56. The Balaban J connectivity index is 1.39. The van der Waals surface area contributed by atoms with Gasteiger partial charge in [0.2, 0.25) is 0 Å². The van der Waals surface area contributed by atoms with Crippen LogP contribution in [0.15, 0.2) is 48.3 Å². The zero-order valence-electron chi connectivity index (χ0n) is 17.5. The third-order valence-electron chi connectivity index (χ3n) is 7.56. The molecule has 7 heteroatoms. The van der Waals surface area contributed by atoms with E-state index >= 15 is 0 Å². The zero-order valence-corrected chi connectivity index (χ0v) is 18.3. The Morgan fingerprint density at radius 3 is 3.00 bits per heavy atom. The van der Waals surface area contributed by atoms with E-state index in [4.69, 9.17) is 10.1 Å². The van der Waals surface area contributed by atoms with Crippen LogP contribution >= 0.6 is 12.3 Å². The molecule has 1 aromatic carbocycles. The van der Waals surface area contributed by atoms with Crippen molar-refractivity contribution in [3.63, 3.8) is 0 Å². The number of rotatable bonds is 5. The average molecular weight is 439 g/mol. The minimum absolute atomic E-state index is 0.244. The molecule has 2 N–H and O–H groups in total. The molecule has 162 valence electrons. The molecule has 6 nitrogen and oxygen atoms in total. The van der Waals surface area contributed by atoms with Gasteiger partial charge in [0.05, 0.1) is 0 Å². The van der Waals surface area contributed by atoms with E-state index in [1.807, 2.05) is 24.4 Å². The van der Waals surface area contributed by atoms with E-state index in [1.165, 1.54) is 11.1 Å². The maximum atomic E-state index is 13.4. The topological polar surface area (TPSA) is 83.7 Å². The molecule has 3 unspecified atom stereocenters. The van der Waals surface area contributed by atoms with E-state index in [0.717, 1.165) is 49.0 Å². The summed E-state index contributed by atoms with van der Waals surface area (Å²) in [4.78, 5) is 21.7. The minimum Gasteiger partial charge on any atom is -0.399 e. The van der Waals surface area contributed by atoms with Gasteiger partial charge in [0.15, 0.2) is 5.78 Å². The molecule has 2 aromatic rings. The van der Waals surface area contributed by atoms with Gasteiger partial charge in [-0.25, -0.2) is 0 Å². The van der Waals surface area contributed by atoms with Crippen molar-refractivity contribution in [3.8, 4) is 5.75 Å². The number of nitrogens with zero attached hydrogens (tertiary/aromatic N) is 1. The van der Waals surface area contributed by atoms with Gasteiger partial charge in [0.1, 0.15) is 5.75 Å². The van der Waals surface area contributed by atoms with Gasteiger partial charge in [-0.15, -0.1) is 9.32 Å². The number of ketones is 1. The van der Waals surface area contributed by atoms with E-state index in [-0.39, 0.29) is 5.41 Å². The van der Waals surface area contributed by atoms with Gasteiger partial charge in [-0.05, 0) is 96.4 Å². The van der Waals surface area contributed by atoms with Crippen LogP contribution in [0.5, 0.6) is 5.75 Å². The first-order valence-electron chi connectivity index (χ1n) is 10.7. The summed E-state index contributed by atoms with van der Waals surface area (Å²) in [6, 6.07) is 10.2. The quantitative estimate of drug-likeness (QED) is 0.232. The molecule has 0 amide bonds. The van der Waals surface area contributed by atoms with Crippen LogP contribution in [0.25, 0.3) is 6.08 Å². The van der Waals surface area contributed by atoms with E-state index < -0.39 is 0 Å². The van der Waals surface area contributed by atoms with E-state index in [0.29, 0.717) is 35.9 Å². The standard InChI is InChI=1S/C24H26N2O4S/c1-24-9-8-20-19-7-5-18(28-31-30-29-25)12-16(19)4-6-21(20)22(24)13-17(23(24)27)11-15-3-2-10-26-14-15/h2-3,5,7,10-12,14,20-22H,4,6,8-9,13,25H2,1H3/b17-11+/t20?,21?,22?,24-/m0/s1. The van der Waals surface area contributed by atoms with Gasteiger partial charge in [-0.3, -0.25) is 9.78 Å². The van der Waals surface area contributed by atoms with Gasteiger partial charge in [-0.2, -0.15) is 5.90 Å². The molecular weight excluding hydrogens is 412 g/mol. The number of hydrogen-bond donors (Lipinski definition) is 1. The van der Waals surface area contributed by atoms with Crippen LogP contribution in [-0.2, 0) is 20.5 Å². The van der Waals surface area contributed by atoms with Gasteiger partial charge >= 0.3 is 0 Å². The predicted molar refractivity (Wildman–Crippen MR) is 118 cm³/mol. The maximum Gasteiger partial charge on any atom is 0.260 e. The molecule has 3 aliphatic rings. The van der Waals surface area contributed by atoms with Crippen molar-refractivity contribution in [1.82, 2.24) is 4.98 Å². The first kappa shape index (κ1) is 20.7. The lowest BCUT2D eigenvalue weighted by atomic mass is 9.55. The fraction of sp³-hybridized carbons (Fsp3) is 0.417. The number of fused-ring (bicyclic) bond motifs is 5. The molecule has 3 aliphatic carbocycles. The van der Waals surface area contributed by atoms with Crippen LogP contribution < -0.4 is 10.1 Å². The number of hydrogen-bond acceptors (Lipinski definition) is 7. The molecule has 4 atom stereocenters. The number of Topliss-reactive ketones (excluding diaryl/α,β-unsaturated/α-hetero) is 1. The summed E-state index contributed by atoms with van der Waals surface area (Å²) in [7, 11) is 0. The molecule has 1 heterocycles. The minimum atomic E-state index is -0.244. The summed E-state index contributed by atoms with van der Waals surface area (Å²) >= 11 is 0.698. The third-order valence-corrected chi connectivity index (χ3v) is 7.96. The average Bonchev–Trinajstić information content (AvgIpc) is 3.05. The highest BCUT2D eigenvalue weighted by Crippen LogP contribution is 2.60. The summed E-state index contributed by atoms with van der Waals surface area (Å²) in [6.45, 7) is 2.20. The fourth-order valence-electron chi connectivity index (χ4n) is 6.14. The number of aromatic nitrogens is 1. The van der Waals surface area contributed by atoms with Gasteiger partial charge < -0.3 is 4.18 Å². The van der Waals surface area contributed by atoms with Gasteiger partial charge in [0.25, 0.3) is 12.3 Å². The lowest BCUT2D eigenvalue weighted by Crippen LogP contribution is -2.42. The Bertz CT molecular complexity index is 1010. The molecule has 0 aliphatic heterocycles. The number of allylic oxidation sites excluding steroid dienone is 1. The first-order valence-corrected chi connectivity index (χ1v) is 11.4. The number of pyridine rings is 1. The summed E-state index contributed by atoms with van der Waals surface area (Å²) in [6.07, 6.45) is 10.6. The van der Waals surface area contributed by atoms with Crippen molar-refractivity contribution in [3.05, 3.63) is 65.0 Å². The van der Waals surface area contributed by atoms with Crippen molar-refractivity contribution < 1.29 is 18.3 Å². The summed E-state index contributed by atoms with van der Waals surface area (Å²) in [5.74, 6) is 7.33. The number of carbonyl (C=O) groups is 1. The maximum absolute atomic E-state index is 13.4. The van der Waals surface area contributed by atoms with Crippen LogP contribution in [0, 0.1) is 17.3 Å². The van der Waals surface area contributed by atoms with E-state index in [2.05, 4.69) is 39.4 Å². The van der Waals surface area contributed by atoms with Crippen LogP contribution in [0.2, 0.25) is 0 Å². The summed E-state index contributed by atoms with van der Waals surface area (Å²) < 4.78 is 9.97. The Hall–Kier alpha value is -2.19. The number of carbonyl (C=O) groups excluding carboxylic acids is 1. The van der Waals surface area contributed by atoms with E-state index in [9.17, 15) is 4.79 Å². The number of aryl methyl sites for hydroxylation is 1. The molecule has 1 aromatic heterocycles. The smallest absolute Gasteiger partial charge is 0.260 e. The van der Waals surface area contributed by atoms with Crippen LogP contribution in [0.3, 0.4) is 0 Å². The molecule has 0 radical (unpaired) electrons.